The van der Waals surface area contributed by atoms with Gasteiger partial charge in [0, 0.05) is 0 Å². The highest BCUT2D eigenvalue weighted by atomic mass is 32.2. The smallest absolute Gasteiger partial charge is 0.270 e. The van der Waals surface area contributed by atoms with Gasteiger partial charge in [0.1, 0.15) is 0 Å². The molecule has 0 bridgehead atoms. The highest BCUT2D eigenvalue weighted by molar-refractivity contribution is 7.87. The van der Waals surface area contributed by atoms with E-state index in [-0.39, 0.29) is 25.0 Å². The topological polar surface area (TPSA) is 107 Å². The monoisotopic (exact) mass is 430 g/mol. The molecular formula is C18H38O7S2. The summed E-state index contributed by atoms with van der Waals surface area (Å²) in [5, 5.41) is 9.28. The van der Waals surface area contributed by atoms with Crippen LogP contribution in [0.4, 0.5) is 0 Å². The molecule has 27 heavy (non-hydrogen) atoms. The maximum absolute atomic E-state index is 12.0. The first kappa shape index (κ1) is 26.8. The van der Waals surface area contributed by atoms with E-state index in [2.05, 4.69) is 15.3 Å². The van der Waals surface area contributed by atoms with E-state index in [0.717, 1.165) is 33.5 Å². The van der Waals surface area contributed by atoms with Crippen molar-refractivity contribution in [3.05, 3.63) is 0 Å². The van der Waals surface area contributed by atoms with Crippen molar-refractivity contribution >= 4 is 20.2 Å². The molecular weight excluding hydrogens is 392 g/mol. The predicted molar refractivity (Wildman–Crippen MR) is 108 cm³/mol. The van der Waals surface area contributed by atoms with Gasteiger partial charge in [-0.2, -0.15) is 16.8 Å². The van der Waals surface area contributed by atoms with E-state index in [1.54, 1.807) is 0 Å². The molecule has 164 valence electrons. The third kappa shape index (κ3) is 13.6. The molecule has 0 radical (unpaired) electrons. The van der Waals surface area contributed by atoms with Gasteiger partial charge < -0.3 is 5.11 Å². The van der Waals surface area contributed by atoms with E-state index < -0.39 is 31.6 Å². The van der Waals surface area contributed by atoms with Crippen LogP contribution in [-0.4, -0.2) is 53.3 Å². The summed E-state index contributed by atoms with van der Waals surface area (Å²) in [7, 11) is -5.29. The first-order chi connectivity index (χ1) is 12.7. The molecule has 0 aromatic carbocycles. The lowest BCUT2D eigenvalue weighted by Crippen LogP contribution is -2.28. The van der Waals surface area contributed by atoms with Crippen molar-refractivity contribution < 1.29 is 30.3 Å². The van der Waals surface area contributed by atoms with Crippen molar-refractivity contribution in [3.63, 3.8) is 0 Å². The van der Waals surface area contributed by atoms with E-state index in [4.69, 9.17) is 0 Å². The molecule has 0 aromatic rings. The van der Waals surface area contributed by atoms with Crippen LogP contribution in [0.3, 0.4) is 0 Å². The van der Waals surface area contributed by atoms with Crippen LogP contribution in [0.15, 0.2) is 0 Å². The zero-order valence-electron chi connectivity index (χ0n) is 17.1. The lowest BCUT2D eigenvalue weighted by Gasteiger charge is -2.19. The van der Waals surface area contributed by atoms with Crippen molar-refractivity contribution in [2.24, 2.45) is 0 Å². The van der Waals surface area contributed by atoms with E-state index in [1.807, 2.05) is 0 Å². The Labute approximate surface area is 166 Å². The van der Waals surface area contributed by atoms with Crippen LogP contribution in [0.5, 0.6) is 0 Å². The van der Waals surface area contributed by atoms with Gasteiger partial charge in [-0.05, 0) is 25.7 Å². The highest BCUT2D eigenvalue weighted by Crippen LogP contribution is 2.20. The summed E-state index contributed by atoms with van der Waals surface area (Å²) in [6.45, 7) is 2.19. The number of hydrogen-bond donors (Lipinski definition) is 1. The maximum atomic E-state index is 12.0. The van der Waals surface area contributed by atoms with Gasteiger partial charge in [0.25, 0.3) is 20.2 Å². The van der Waals surface area contributed by atoms with Crippen LogP contribution in [0.2, 0.25) is 0 Å². The quantitative estimate of drug-likeness (QED) is 0.262. The summed E-state index contributed by atoms with van der Waals surface area (Å²) in [4.78, 5) is 0. The molecule has 0 aromatic heterocycles. The summed E-state index contributed by atoms with van der Waals surface area (Å²) in [5.41, 5.74) is 0. The normalized spacial score (nSPS) is 15.0. The molecule has 7 nitrogen and oxygen atoms in total. The molecule has 2 unspecified atom stereocenters. The molecule has 0 aliphatic carbocycles. The molecule has 0 spiro atoms. The fourth-order valence-corrected chi connectivity index (χ4v) is 4.89. The third-order valence-electron chi connectivity index (χ3n) is 4.74. The number of aliphatic hydroxyl groups is 1. The Morgan fingerprint density at radius 1 is 0.778 bits per heavy atom. The molecule has 2 atom stereocenters. The Bertz CT molecular complexity index is 558. The minimum Gasteiger partial charge on any atom is -0.393 e. The van der Waals surface area contributed by atoms with Crippen LogP contribution >= 0.6 is 0 Å². The second-order valence-electron chi connectivity index (χ2n) is 7.01. The summed E-state index contributed by atoms with van der Waals surface area (Å²) >= 11 is 0. The largest absolute Gasteiger partial charge is 0.393 e. The summed E-state index contributed by atoms with van der Waals surface area (Å²) in [6.07, 6.45) is 9.33. The Kier molecular flexibility index (Phi) is 14.6. The van der Waals surface area contributed by atoms with Crippen molar-refractivity contribution in [2.45, 2.75) is 95.3 Å². The van der Waals surface area contributed by atoms with E-state index in [9.17, 15) is 21.9 Å². The average molecular weight is 431 g/mol. The van der Waals surface area contributed by atoms with Crippen LogP contribution in [-0.2, 0) is 28.6 Å². The Hall–Kier alpha value is -0.220. The van der Waals surface area contributed by atoms with E-state index in [1.165, 1.54) is 32.1 Å². The number of unbranched alkanes of at least 4 members (excludes halogenated alkanes) is 7. The zero-order valence-corrected chi connectivity index (χ0v) is 18.7. The summed E-state index contributed by atoms with van der Waals surface area (Å²) in [5.74, 6) is -0.257. The lowest BCUT2D eigenvalue weighted by molar-refractivity contribution is 0.146. The predicted octanol–water partition coefficient (Wildman–Crippen LogP) is 3.37. The third-order valence-corrected chi connectivity index (χ3v) is 7.75. The van der Waals surface area contributed by atoms with Gasteiger partial charge in [0.2, 0.25) is 0 Å². The molecule has 0 saturated carbocycles. The Balaban J connectivity index is 4.26. The fraction of sp³-hybridized carbons (Fsp3) is 1.00. The first-order valence-corrected chi connectivity index (χ1v) is 13.0. The molecule has 0 saturated heterocycles. The molecule has 0 fully saturated rings. The van der Waals surface area contributed by atoms with Crippen molar-refractivity contribution in [1.82, 2.24) is 0 Å². The molecule has 0 aliphatic heterocycles. The molecule has 0 aliphatic rings. The standard InChI is InChI=1S/C18H38O7S2/c1-4-5-6-7-8-9-10-11-13-17(19)16-18(27(22,23)25-3)14-12-15-26(20,21)24-2/h17-19H,4-16H2,1-3H3. The van der Waals surface area contributed by atoms with Crippen molar-refractivity contribution in [1.29, 1.82) is 0 Å². The molecule has 9 heteroatoms. The molecule has 0 rings (SSSR count). The van der Waals surface area contributed by atoms with Crippen molar-refractivity contribution in [3.8, 4) is 0 Å². The van der Waals surface area contributed by atoms with Gasteiger partial charge in [-0.15, -0.1) is 0 Å². The minimum atomic E-state index is -3.82. The second-order valence-corrected chi connectivity index (χ2v) is 10.8. The van der Waals surface area contributed by atoms with Gasteiger partial charge >= 0.3 is 0 Å². The SMILES string of the molecule is CCCCCCCCCCC(O)CC(CCCS(=O)(=O)OC)S(=O)(=O)OC. The van der Waals surface area contributed by atoms with Crippen LogP contribution in [0.25, 0.3) is 0 Å². The molecule has 1 N–H and O–H groups in total. The number of aliphatic hydroxyl groups excluding tert-OH is 1. The Morgan fingerprint density at radius 3 is 1.85 bits per heavy atom. The molecule has 0 amide bonds. The Morgan fingerprint density at radius 2 is 1.33 bits per heavy atom. The van der Waals surface area contributed by atoms with Crippen LogP contribution < -0.4 is 0 Å². The lowest BCUT2D eigenvalue weighted by atomic mass is 10.0. The fourth-order valence-electron chi connectivity index (χ4n) is 3.02. The van der Waals surface area contributed by atoms with Gasteiger partial charge in [0.05, 0.1) is 31.3 Å². The summed E-state index contributed by atoms with van der Waals surface area (Å²) in [6, 6.07) is 0. The summed E-state index contributed by atoms with van der Waals surface area (Å²) < 4.78 is 55.7. The number of hydrogen-bond acceptors (Lipinski definition) is 7. The van der Waals surface area contributed by atoms with Crippen LogP contribution in [0.1, 0.15) is 84.0 Å². The number of rotatable bonds is 18. The maximum Gasteiger partial charge on any atom is 0.270 e. The van der Waals surface area contributed by atoms with E-state index in [0.29, 0.717) is 6.42 Å². The first-order valence-electron chi connectivity index (χ1n) is 9.94. The average Bonchev–Trinajstić information content (AvgIpc) is 2.63. The minimum absolute atomic E-state index is 0.0553. The van der Waals surface area contributed by atoms with Gasteiger partial charge in [-0.25, -0.2) is 0 Å². The van der Waals surface area contributed by atoms with Crippen LogP contribution in [0, 0.1) is 0 Å². The zero-order chi connectivity index (χ0) is 20.8. The van der Waals surface area contributed by atoms with Gasteiger partial charge in [0.15, 0.2) is 0 Å². The van der Waals surface area contributed by atoms with Gasteiger partial charge in [-0.3, -0.25) is 8.37 Å². The second kappa shape index (κ2) is 14.7. The molecule has 0 heterocycles. The highest BCUT2D eigenvalue weighted by Gasteiger charge is 2.28. The van der Waals surface area contributed by atoms with E-state index >= 15 is 0 Å². The van der Waals surface area contributed by atoms with Crippen molar-refractivity contribution in [2.75, 3.05) is 20.0 Å². The van der Waals surface area contributed by atoms with Gasteiger partial charge in [-0.1, -0.05) is 58.3 Å².